The van der Waals surface area contributed by atoms with Gasteiger partial charge in [0.05, 0.1) is 0 Å². The standard InChI is InChI=1S/C5H10.2C2H6.Y/c1-3-5-4-2;2*1-2;/h1-5H2;2*1-2H3;/q-2;;;. The Labute approximate surface area is 93.1 Å². The van der Waals surface area contributed by atoms with Crippen molar-refractivity contribution in [2.75, 3.05) is 0 Å². The van der Waals surface area contributed by atoms with E-state index >= 15 is 0 Å². The predicted molar refractivity (Wildman–Crippen MR) is 47.3 cm³/mol. The molecule has 0 rings (SSSR count). The molecule has 0 unspecified atom stereocenters. The number of hydrogen-bond donors (Lipinski definition) is 0. The molecule has 0 N–H and O–H groups in total. The van der Waals surface area contributed by atoms with E-state index in [4.69, 9.17) is 0 Å². The third-order valence-electron chi connectivity index (χ3n) is 0.500. The van der Waals surface area contributed by atoms with Crippen molar-refractivity contribution >= 4 is 0 Å². The molecule has 0 aliphatic heterocycles. The predicted octanol–water partition coefficient (Wildman–Crippen LogP) is 3.87. The first kappa shape index (κ1) is 22.5. The minimum atomic E-state index is 0. The molecule has 0 aliphatic rings. The van der Waals surface area contributed by atoms with E-state index in [2.05, 4.69) is 13.8 Å². The molecule has 0 aliphatic carbocycles. The fourth-order valence-electron chi connectivity index (χ4n) is 0.177. The van der Waals surface area contributed by atoms with E-state index in [9.17, 15) is 0 Å². The van der Waals surface area contributed by atoms with Crippen molar-refractivity contribution in [3.05, 3.63) is 13.8 Å². The smallest absolute Gasteiger partial charge is 0 e. The zero-order valence-electron chi connectivity index (χ0n) is 8.11. The van der Waals surface area contributed by atoms with Crippen LogP contribution in [0.3, 0.4) is 0 Å². The molecule has 0 spiro atoms. The third kappa shape index (κ3) is 62.1. The summed E-state index contributed by atoms with van der Waals surface area (Å²) in [4.78, 5) is 0. The molecule has 0 aromatic carbocycles. The summed E-state index contributed by atoms with van der Waals surface area (Å²) in [7, 11) is 0. The van der Waals surface area contributed by atoms with Crippen LogP contribution in [0.1, 0.15) is 47.0 Å². The molecule has 0 aromatic heterocycles. The zero-order chi connectivity index (χ0) is 8.12. The first-order valence-corrected chi connectivity index (χ1v) is 4.00. The minimum Gasteiger partial charge on any atom is -0.343 e. The maximum absolute atomic E-state index is 3.64. The van der Waals surface area contributed by atoms with Crippen molar-refractivity contribution in [3.63, 3.8) is 0 Å². The second-order valence-electron chi connectivity index (χ2n) is 1.06. The van der Waals surface area contributed by atoms with Crippen LogP contribution in [-0.2, 0) is 32.7 Å². The van der Waals surface area contributed by atoms with E-state index in [1.165, 1.54) is 6.42 Å². The van der Waals surface area contributed by atoms with Crippen LogP contribution in [0.4, 0.5) is 0 Å². The minimum absolute atomic E-state index is 0. The molecule has 0 amide bonds. The van der Waals surface area contributed by atoms with Gasteiger partial charge in [-0.25, -0.2) is 0 Å². The van der Waals surface area contributed by atoms with Crippen molar-refractivity contribution in [2.45, 2.75) is 47.0 Å². The molecule has 0 fully saturated rings. The van der Waals surface area contributed by atoms with Crippen molar-refractivity contribution in [1.29, 1.82) is 0 Å². The second kappa shape index (κ2) is 49.7. The Morgan fingerprint density at radius 1 is 0.800 bits per heavy atom. The molecular formula is C9H22Y-2. The van der Waals surface area contributed by atoms with Crippen molar-refractivity contribution in [2.24, 2.45) is 0 Å². The molecule has 0 heterocycles. The van der Waals surface area contributed by atoms with E-state index in [-0.39, 0.29) is 32.7 Å². The number of hydrogen-bond acceptors (Lipinski definition) is 0. The monoisotopic (exact) mass is 219 g/mol. The van der Waals surface area contributed by atoms with Gasteiger partial charge in [-0.1, -0.05) is 27.7 Å². The van der Waals surface area contributed by atoms with Gasteiger partial charge in [0.15, 0.2) is 0 Å². The summed E-state index contributed by atoms with van der Waals surface area (Å²) in [6.07, 6.45) is 3.23. The van der Waals surface area contributed by atoms with Gasteiger partial charge < -0.3 is 13.8 Å². The van der Waals surface area contributed by atoms with Crippen LogP contribution in [0.15, 0.2) is 0 Å². The molecule has 0 atom stereocenters. The Bertz CT molecular complexity index is 12.2. The fraction of sp³-hybridized carbons (Fsp3) is 0.778. The summed E-state index contributed by atoms with van der Waals surface area (Å²) in [5, 5.41) is 0. The van der Waals surface area contributed by atoms with Gasteiger partial charge in [0.2, 0.25) is 0 Å². The first-order valence-electron chi connectivity index (χ1n) is 4.00. The van der Waals surface area contributed by atoms with Gasteiger partial charge in [0, 0.05) is 32.7 Å². The SMILES string of the molecule is CC.CC.[CH2-]CCC[CH2-].[Y]. The molecule has 10 heavy (non-hydrogen) atoms. The fourth-order valence-corrected chi connectivity index (χ4v) is 0.177. The zero-order valence-corrected chi connectivity index (χ0v) is 11.0. The molecule has 0 saturated carbocycles. The summed E-state index contributed by atoms with van der Waals surface area (Å²) in [6.45, 7) is 15.3. The summed E-state index contributed by atoms with van der Waals surface area (Å²) < 4.78 is 0. The summed E-state index contributed by atoms with van der Waals surface area (Å²) in [6, 6.07) is 0. The molecule has 0 saturated heterocycles. The second-order valence-corrected chi connectivity index (χ2v) is 1.06. The summed E-state index contributed by atoms with van der Waals surface area (Å²) >= 11 is 0. The van der Waals surface area contributed by atoms with Gasteiger partial charge in [-0.15, -0.1) is 6.42 Å². The van der Waals surface area contributed by atoms with E-state index < -0.39 is 0 Å². The molecule has 63 valence electrons. The van der Waals surface area contributed by atoms with E-state index in [0.29, 0.717) is 0 Å². The number of rotatable bonds is 2. The maximum atomic E-state index is 3.64. The normalized spacial score (nSPS) is 5.40. The molecule has 1 radical (unpaired) electrons. The molecule has 0 aromatic rings. The molecule has 1 heteroatoms. The average Bonchev–Trinajstić information content (AvgIpc) is 1.98. The number of unbranched alkanes of at least 4 members (excludes halogenated alkanes) is 2. The van der Waals surface area contributed by atoms with Gasteiger partial charge in [0.25, 0.3) is 0 Å². The van der Waals surface area contributed by atoms with Gasteiger partial charge in [-0.2, -0.15) is 12.8 Å². The van der Waals surface area contributed by atoms with E-state index in [1.807, 2.05) is 27.7 Å². The average molecular weight is 219 g/mol. The van der Waals surface area contributed by atoms with Crippen molar-refractivity contribution < 1.29 is 32.7 Å². The largest absolute Gasteiger partial charge is 0.343 e. The molecular weight excluding hydrogens is 197 g/mol. The van der Waals surface area contributed by atoms with E-state index in [0.717, 1.165) is 12.8 Å². The van der Waals surface area contributed by atoms with Gasteiger partial charge in [0.1, 0.15) is 0 Å². The van der Waals surface area contributed by atoms with Crippen LogP contribution >= 0.6 is 0 Å². The third-order valence-corrected chi connectivity index (χ3v) is 0.500. The Balaban J connectivity index is -0.0000000315. The van der Waals surface area contributed by atoms with Crippen molar-refractivity contribution in [1.82, 2.24) is 0 Å². The summed E-state index contributed by atoms with van der Waals surface area (Å²) in [5.41, 5.74) is 0. The van der Waals surface area contributed by atoms with Crippen LogP contribution in [0.5, 0.6) is 0 Å². The van der Waals surface area contributed by atoms with E-state index in [1.54, 1.807) is 0 Å². The Morgan fingerprint density at radius 3 is 1.00 bits per heavy atom. The van der Waals surface area contributed by atoms with Crippen LogP contribution in [-0.4, -0.2) is 0 Å². The van der Waals surface area contributed by atoms with Crippen molar-refractivity contribution in [3.8, 4) is 0 Å². The molecule has 0 bridgehead atoms. The first-order chi connectivity index (χ1) is 4.41. The van der Waals surface area contributed by atoms with Crippen LogP contribution in [0.25, 0.3) is 0 Å². The summed E-state index contributed by atoms with van der Waals surface area (Å²) in [5.74, 6) is 0. The van der Waals surface area contributed by atoms with Crippen LogP contribution in [0.2, 0.25) is 0 Å². The van der Waals surface area contributed by atoms with Gasteiger partial charge in [-0.3, -0.25) is 0 Å². The van der Waals surface area contributed by atoms with Crippen LogP contribution in [0, 0.1) is 13.8 Å². The van der Waals surface area contributed by atoms with Gasteiger partial charge in [-0.05, 0) is 0 Å². The maximum Gasteiger partial charge on any atom is 0 e. The molecule has 0 nitrogen and oxygen atoms in total. The topological polar surface area (TPSA) is 0 Å². The Hall–Kier alpha value is 1.10. The van der Waals surface area contributed by atoms with Gasteiger partial charge >= 0.3 is 0 Å². The Kier molecular flexibility index (Phi) is 112. The quantitative estimate of drug-likeness (QED) is 0.618. The van der Waals surface area contributed by atoms with Crippen LogP contribution < -0.4 is 0 Å². The Morgan fingerprint density at radius 2 is 1.00 bits per heavy atom.